The molecule has 0 radical (unpaired) electrons. The predicted octanol–water partition coefficient (Wildman–Crippen LogP) is 1.62. The van der Waals surface area contributed by atoms with Crippen molar-refractivity contribution in [1.29, 1.82) is 0 Å². The first-order valence-corrected chi connectivity index (χ1v) is 10.2. The van der Waals surface area contributed by atoms with E-state index in [1.807, 2.05) is 0 Å². The third kappa shape index (κ3) is 4.90. The molecule has 23 heavy (non-hydrogen) atoms. The van der Waals surface area contributed by atoms with Gasteiger partial charge in [-0.05, 0) is 37.0 Å². The normalized spacial score (nSPS) is 28.5. The van der Waals surface area contributed by atoms with Crippen LogP contribution in [0, 0.1) is 17.3 Å². The molecule has 1 saturated carbocycles. The van der Waals surface area contributed by atoms with Gasteiger partial charge in [0.25, 0.3) is 10.2 Å². The molecule has 7 heteroatoms. The number of nitrogens with two attached hydrogens (primary N) is 1. The Kier molecular flexibility index (Phi) is 5.74. The number of nitrogens with one attached hydrogen (secondary N) is 1. The summed E-state index contributed by atoms with van der Waals surface area (Å²) in [6, 6.07) is 0.243. The first kappa shape index (κ1) is 18.7. The first-order chi connectivity index (χ1) is 10.6. The molecule has 2 atom stereocenters. The zero-order valence-corrected chi connectivity index (χ0v) is 15.4. The largest absolute Gasteiger partial charge is 0.353 e. The quantitative estimate of drug-likeness (QED) is 0.814. The fourth-order valence-electron chi connectivity index (χ4n) is 4.01. The molecule has 3 N–H and O–H groups in total. The third-order valence-electron chi connectivity index (χ3n) is 5.39. The van der Waals surface area contributed by atoms with E-state index >= 15 is 0 Å². The number of carbonyl (C=O) groups excluding carboxylic acids is 1. The van der Waals surface area contributed by atoms with Gasteiger partial charge in [0, 0.05) is 25.0 Å². The number of hydrogen-bond donors (Lipinski definition) is 2. The molecule has 1 aliphatic carbocycles. The van der Waals surface area contributed by atoms with Crippen molar-refractivity contribution in [3.63, 3.8) is 0 Å². The molecule has 0 aromatic carbocycles. The molecule has 0 unspecified atom stereocenters. The van der Waals surface area contributed by atoms with Gasteiger partial charge >= 0.3 is 0 Å². The number of rotatable bonds is 3. The lowest BCUT2D eigenvalue weighted by atomic mass is 9.69. The lowest BCUT2D eigenvalue weighted by Gasteiger charge is -2.41. The van der Waals surface area contributed by atoms with Gasteiger partial charge in [0.15, 0.2) is 0 Å². The maximum Gasteiger partial charge on any atom is 0.276 e. The minimum absolute atomic E-state index is 0.0835. The Bertz CT molecular complexity index is 519. The number of piperidine rings is 1. The maximum atomic E-state index is 12.6. The maximum absolute atomic E-state index is 12.6. The zero-order chi connectivity index (χ0) is 17.3. The molecule has 2 fully saturated rings. The SMILES string of the molecule is CC(C)(C)[C@H]1CCCC[C@@H]1NC(=O)C1CCN(S(N)(=O)=O)CC1. The predicted molar refractivity (Wildman–Crippen MR) is 90.7 cm³/mol. The van der Waals surface area contributed by atoms with Gasteiger partial charge in [-0.2, -0.15) is 12.7 Å². The topological polar surface area (TPSA) is 92.5 Å². The molecule has 0 aromatic rings. The van der Waals surface area contributed by atoms with Crippen molar-refractivity contribution in [1.82, 2.24) is 9.62 Å². The van der Waals surface area contributed by atoms with Gasteiger partial charge in [-0.15, -0.1) is 0 Å². The summed E-state index contributed by atoms with van der Waals surface area (Å²) in [5.74, 6) is 0.487. The van der Waals surface area contributed by atoms with E-state index in [9.17, 15) is 13.2 Å². The Labute approximate surface area is 140 Å². The summed E-state index contributed by atoms with van der Waals surface area (Å²) >= 11 is 0. The Morgan fingerprint density at radius 3 is 2.17 bits per heavy atom. The van der Waals surface area contributed by atoms with Crippen molar-refractivity contribution in [2.75, 3.05) is 13.1 Å². The lowest BCUT2D eigenvalue weighted by molar-refractivity contribution is -0.127. The highest BCUT2D eigenvalue weighted by Crippen LogP contribution is 2.38. The van der Waals surface area contributed by atoms with E-state index in [0.29, 0.717) is 31.8 Å². The van der Waals surface area contributed by atoms with Crippen LogP contribution in [0.4, 0.5) is 0 Å². The Balaban J connectivity index is 1.91. The van der Waals surface area contributed by atoms with E-state index < -0.39 is 10.2 Å². The minimum Gasteiger partial charge on any atom is -0.353 e. The van der Waals surface area contributed by atoms with Crippen LogP contribution >= 0.6 is 0 Å². The molecule has 1 amide bonds. The highest BCUT2D eigenvalue weighted by molar-refractivity contribution is 7.86. The monoisotopic (exact) mass is 345 g/mol. The fourth-order valence-corrected chi connectivity index (χ4v) is 4.73. The van der Waals surface area contributed by atoms with Gasteiger partial charge in [0.1, 0.15) is 0 Å². The van der Waals surface area contributed by atoms with E-state index in [1.165, 1.54) is 17.1 Å². The van der Waals surface area contributed by atoms with E-state index in [4.69, 9.17) is 5.14 Å². The number of amides is 1. The minimum atomic E-state index is -3.63. The van der Waals surface area contributed by atoms with Gasteiger partial charge in [0.2, 0.25) is 5.91 Å². The summed E-state index contributed by atoms with van der Waals surface area (Å²) in [5, 5.41) is 8.41. The highest BCUT2D eigenvalue weighted by Gasteiger charge is 2.36. The molecule has 1 heterocycles. The van der Waals surface area contributed by atoms with Gasteiger partial charge in [0.05, 0.1) is 0 Å². The van der Waals surface area contributed by atoms with Crippen LogP contribution in [0.5, 0.6) is 0 Å². The molecule has 1 aliphatic heterocycles. The van der Waals surface area contributed by atoms with E-state index in [0.717, 1.165) is 12.8 Å². The van der Waals surface area contributed by atoms with Crippen LogP contribution in [-0.2, 0) is 15.0 Å². The Morgan fingerprint density at radius 2 is 1.65 bits per heavy atom. The first-order valence-electron chi connectivity index (χ1n) is 8.67. The molecule has 2 rings (SSSR count). The average molecular weight is 346 g/mol. The van der Waals surface area contributed by atoms with Crippen molar-refractivity contribution in [2.24, 2.45) is 22.4 Å². The average Bonchev–Trinajstić information content (AvgIpc) is 2.46. The van der Waals surface area contributed by atoms with Crippen molar-refractivity contribution in [3.8, 4) is 0 Å². The highest BCUT2D eigenvalue weighted by atomic mass is 32.2. The van der Waals surface area contributed by atoms with Crippen molar-refractivity contribution in [2.45, 2.75) is 65.3 Å². The van der Waals surface area contributed by atoms with Gasteiger partial charge in [-0.25, -0.2) is 5.14 Å². The van der Waals surface area contributed by atoms with Crippen LogP contribution in [0.1, 0.15) is 59.3 Å². The molecule has 134 valence electrons. The summed E-state index contributed by atoms with van der Waals surface area (Å²) in [6.45, 7) is 7.40. The van der Waals surface area contributed by atoms with E-state index in [-0.39, 0.29) is 23.3 Å². The van der Waals surface area contributed by atoms with Crippen LogP contribution in [0.2, 0.25) is 0 Å². The van der Waals surface area contributed by atoms with Crippen molar-refractivity contribution >= 4 is 16.1 Å². The summed E-state index contributed by atoms with van der Waals surface area (Å²) in [4.78, 5) is 12.6. The van der Waals surface area contributed by atoms with Crippen LogP contribution in [0.15, 0.2) is 0 Å². The third-order valence-corrected chi connectivity index (χ3v) is 6.48. The fraction of sp³-hybridized carbons (Fsp3) is 0.938. The van der Waals surface area contributed by atoms with Gasteiger partial charge in [-0.1, -0.05) is 33.6 Å². The molecule has 0 aromatic heterocycles. The molecule has 1 saturated heterocycles. The van der Waals surface area contributed by atoms with E-state index in [1.54, 1.807) is 0 Å². The number of carbonyl (C=O) groups is 1. The Hall–Kier alpha value is -0.660. The zero-order valence-electron chi connectivity index (χ0n) is 14.5. The molecule has 6 nitrogen and oxygen atoms in total. The smallest absolute Gasteiger partial charge is 0.276 e. The lowest BCUT2D eigenvalue weighted by Crippen LogP contribution is -2.50. The van der Waals surface area contributed by atoms with Crippen LogP contribution in [-0.4, -0.2) is 37.8 Å². The molecule has 0 bridgehead atoms. The second-order valence-electron chi connectivity index (χ2n) is 8.09. The van der Waals surface area contributed by atoms with Crippen molar-refractivity contribution in [3.05, 3.63) is 0 Å². The standard InChI is InChI=1S/C16H31N3O3S/c1-16(2,3)13-6-4-5-7-14(13)18-15(20)12-8-10-19(11-9-12)23(17,21)22/h12-14H,4-11H2,1-3H3,(H,18,20)(H2,17,21,22)/t13-,14-/m0/s1. The summed E-state index contributed by atoms with van der Waals surface area (Å²) < 4.78 is 23.9. The summed E-state index contributed by atoms with van der Waals surface area (Å²) in [5.41, 5.74) is 0.190. The second kappa shape index (κ2) is 7.07. The molecule has 0 spiro atoms. The number of hydrogen-bond acceptors (Lipinski definition) is 3. The summed E-state index contributed by atoms with van der Waals surface area (Å²) in [7, 11) is -3.63. The van der Waals surface area contributed by atoms with Crippen LogP contribution in [0.25, 0.3) is 0 Å². The summed E-state index contributed by atoms with van der Waals surface area (Å²) in [6.07, 6.45) is 5.72. The molecule has 2 aliphatic rings. The molecular weight excluding hydrogens is 314 g/mol. The molecular formula is C16H31N3O3S. The van der Waals surface area contributed by atoms with E-state index in [2.05, 4.69) is 26.1 Å². The van der Waals surface area contributed by atoms with Crippen LogP contribution in [0.3, 0.4) is 0 Å². The van der Waals surface area contributed by atoms with Gasteiger partial charge in [-0.3, -0.25) is 4.79 Å². The van der Waals surface area contributed by atoms with Crippen LogP contribution < -0.4 is 10.5 Å². The number of nitrogens with zero attached hydrogens (tertiary/aromatic N) is 1. The van der Waals surface area contributed by atoms with Crippen molar-refractivity contribution < 1.29 is 13.2 Å². The second-order valence-corrected chi connectivity index (χ2v) is 9.64. The van der Waals surface area contributed by atoms with Gasteiger partial charge < -0.3 is 5.32 Å². The Morgan fingerprint density at radius 1 is 1.09 bits per heavy atom.